The summed E-state index contributed by atoms with van der Waals surface area (Å²) in [5.41, 5.74) is 0.498. The molecule has 0 saturated heterocycles. The molecule has 0 unspecified atom stereocenters. The van der Waals surface area contributed by atoms with Crippen LogP contribution < -0.4 is 5.32 Å². The molecule has 6 nitrogen and oxygen atoms in total. The number of hydrogen-bond acceptors (Lipinski definition) is 4. The molecule has 5 rings (SSSR count). The minimum absolute atomic E-state index is 0.105. The number of hydrogen-bond donors (Lipinski definition) is 1. The van der Waals surface area contributed by atoms with Crippen LogP contribution in [0, 0.1) is 23.7 Å². The monoisotopic (exact) mass is 378 g/mol. The van der Waals surface area contributed by atoms with Crippen molar-refractivity contribution in [3.05, 3.63) is 29.8 Å². The molecule has 1 amide bonds. The molecule has 0 spiro atoms. The molecule has 0 aromatic heterocycles. The van der Waals surface area contributed by atoms with Gasteiger partial charge in [0.2, 0.25) is 0 Å². The van der Waals surface area contributed by atoms with E-state index < -0.39 is 10.0 Å². The second kappa shape index (κ2) is 6.62. The first-order chi connectivity index (χ1) is 12.4. The lowest BCUT2D eigenvalue weighted by atomic mass is 9.54. The van der Waals surface area contributed by atoms with Crippen LogP contribution in [0.15, 0.2) is 29.2 Å². The average molecular weight is 378 g/mol. The maximum absolute atomic E-state index is 12.7. The SMILES string of the molecule is CON(C)S(=O)(=O)c1ccc(C(=O)NC2C3CC4CC(C3)CC2C4)cc1. The molecular formula is C19H26N2O4S. The molecule has 0 aliphatic heterocycles. The molecular weight excluding hydrogens is 352 g/mol. The fraction of sp³-hybridized carbons (Fsp3) is 0.632. The molecule has 4 fully saturated rings. The molecule has 1 aromatic carbocycles. The molecule has 1 N–H and O–H groups in total. The number of benzene rings is 1. The molecule has 4 bridgehead atoms. The topological polar surface area (TPSA) is 75.7 Å². The summed E-state index contributed by atoms with van der Waals surface area (Å²) >= 11 is 0. The third kappa shape index (κ3) is 3.06. The zero-order valence-electron chi connectivity index (χ0n) is 15.2. The van der Waals surface area contributed by atoms with Crippen molar-refractivity contribution in [3.8, 4) is 0 Å². The van der Waals surface area contributed by atoms with E-state index in [1.165, 1.54) is 58.4 Å². The Kier molecular flexibility index (Phi) is 4.57. The largest absolute Gasteiger partial charge is 0.349 e. The first kappa shape index (κ1) is 17.9. The zero-order chi connectivity index (χ0) is 18.5. The highest BCUT2D eigenvalue weighted by Gasteiger charge is 2.48. The van der Waals surface area contributed by atoms with Gasteiger partial charge in [-0.25, -0.2) is 8.42 Å². The maximum Gasteiger partial charge on any atom is 0.264 e. The van der Waals surface area contributed by atoms with Crippen molar-refractivity contribution in [1.29, 1.82) is 0 Å². The lowest BCUT2D eigenvalue weighted by Crippen LogP contribution is -2.55. The van der Waals surface area contributed by atoms with Crippen molar-refractivity contribution >= 4 is 15.9 Å². The molecule has 142 valence electrons. The van der Waals surface area contributed by atoms with E-state index in [1.807, 2.05) is 0 Å². The van der Waals surface area contributed by atoms with Crippen LogP contribution in [0.1, 0.15) is 42.5 Å². The standard InChI is InChI=1S/C19H26N2O4S/c1-21(25-2)26(23,24)17-5-3-14(4-6-17)19(22)20-18-15-8-12-7-13(10-15)11-16(18)9-12/h3-6,12-13,15-16,18H,7-11H2,1-2H3,(H,20,22). The number of nitrogens with zero attached hydrogens (tertiary/aromatic N) is 1. The van der Waals surface area contributed by atoms with Gasteiger partial charge in [-0.2, -0.15) is 0 Å². The Labute approximate surface area is 154 Å². The Morgan fingerprint density at radius 1 is 1.04 bits per heavy atom. The van der Waals surface area contributed by atoms with Crippen LogP contribution in [0.4, 0.5) is 0 Å². The number of sulfonamides is 1. The van der Waals surface area contributed by atoms with Crippen molar-refractivity contribution in [2.75, 3.05) is 14.2 Å². The van der Waals surface area contributed by atoms with E-state index in [4.69, 9.17) is 4.84 Å². The lowest BCUT2D eigenvalue weighted by molar-refractivity contribution is -0.0258. The van der Waals surface area contributed by atoms with Gasteiger partial charge >= 0.3 is 0 Å². The minimum atomic E-state index is -3.69. The summed E-state index contributed by atoms with van der Waals surface area (Å²) in [6.45, 7) is 0. The summed E-state index contributed by atoms with van der Waals surface area (Å²) in [7, 11) is -1.06. The van der Waals surface area contributed by atoms with Gasteiger partial charge in [0.05, 0.1) is 12.0 Å². The van der Waals surface area contributed by atoms with Crippen LogP contribution in [-0.4, -0.2) is 39.0 Å². The van der Waals surface area contributed by atoms with Gasteiger partial charge in [0.1, 0.15) is 0 Å². The molecule has 4 aliphatic carbocycles. The van der Waals surface area contributed by atoms with E-state index in [2.05, 4.69) is 5.32 Å². The predicted molar refractivity (Wildman–Crippen MR) is 96.7 cm³/mol. The minimum Gasteiger partial charge on any atom is -0.349 e. The van der Waals surface area contributed by atoms with E-state index in [9.17, 15) is 13.2 Å². The fourth-order valence-electron chi connectivity index (χ4n) is 5.42. The van der Waals surface area contributed by atoms with Crippen LogP contribution in [0.3, 0.4) is 0 Å². The van der Waals surface area contributed by atoms with Crippen molar-refractivity contribution in [1.82, 2.24) is 9.79 Å². The van der Waals surface area contributed by atoms with Crippen LogP contribution in [0.5, 0.6) is 0 Å². The van der Waals surface area contributed by atoms with E-state index in [0.717, 1.165) is 16.3 Å². The molecule has 0 heterocycles. The van der Waals surface area contributed by atoms with Gasteiger partial charge in [-0.15, -0.1) is 0 Å². The van der Waals surface area contributed by atoms with Crippen LogP contribution in [0.2, 0.25) is 0 Å². The van der Waals surface area contributed by atoms with Gasteiger partial charge in [0, 0.05) is 18.7 Å². The summed E-state index contributed by atoms with van der Waals surface area (Å²) in [5.74, 6) is 2.86. The summed E-state index contributed by atoms with van der Waals surface area (Å²) in [6, 6.07) is 6.33. The summed E-state index contributed by atoms with van der Waals surface area (Å²) in [6.07, 6.45) is 6.38. The van der Waals surface area contributed by atoms with E-state index in [-0.39, 0.29) is 16.8 Å². The number of nitrogens with one attached hydrogen (secondary N) is 1. The average Bonchev–Trinajstić information content (AvgIpc) is 2.63. The summed E-state index contributed by atoms with van der Waals surface area (Å²) in [5, 5.41) is 3.25. The second-order valence-electron chi connectivity index (χ2n) is 8.05. The fourth-order valence-corrected chi connectivity index (χ4v) is 6.39. The molecule has 26 heavy (non-hydrogen) atoms. The van der Waals surface area contributed by atoms with E-state index in [1.54, 1.807) is 12.1 Å². The third-order valence-corrected chi connectivity index (χ3v) is 8.23. The molecule has 4 saturated carbocycles. The van der Waals surface area contributed by atoms with Crippen molar-refractivity contribution in [2.24, 2.45) is 23.7 Å². The van der Waals surface area contributed by atoms with Gasteiger partial charge < -0.3 is 5.32 Å². The Morgan fingerprint density at radius 3 is 2.08 bits per heavy atom. The predicted octanol–water partition coefficient (Wildman–Crippen LogP) is 2.42. The number of amides is 1. The van der Waals surface area contributed by atoms with E-state index >= 15 is 0 Å². The number of rotatable bonds is 5. The van der Waals surface area contributed by atoms with Gasteiger partial charge in [0.25, 0.3) is 15.9 Å². The molecule has 1 aromatic rings. The van der Waals surface area contributed by atoms with Crippen molar-refractivity contribution < 1.29 is 18.0 Å². The summed E-state index contributed by atoms with van der Waals surface area (Å²) in [4.78, 5) is 17.6. The van der Waals surface area contributed by atoms with Crippen molar-refractivity contribution in [3.63, 3.8) is 0 Å². The van der Waals surface area contributed by atoms with Crippen LogP contribution >= 0.6 is 0 Å². The van der Waals surface area contributed by atoms with Crippen molar-refractivity contribution in [2.45, 2.75) is 43.0 Å². The van der Waals surface area contributed by atoms with Crippen LogP contribution in [0.25, 0.3) is 0 Å². The first-order valence-corrected chi connectivity index (χ1v) is 10.8. The Balaban J connectivity index is 1.46. The maximum atomic E-state index is 12.7. The number of carbonyl (C=O) groups is 1. The molecule has 0 radical (unpaired) electrons. The molecule has 4 aliphatic rings. The van der Waals surface area contributed by atoms with Gasteiger partial charge in [0.15, 0.2) is 0 Å². The Morgan fingerprint density at radius 2 is 1.58 bits per heavy atom. The quantitative estimate of drug-likeness (QED) is 0.799. The zero-order valence-corrected chi connectivity index (χ0v) is 16.0. The van der Waals surface area contributed by atoms with Crippen LogP contribution in [-0.2, 0) is 14.9 Å². The third-order valence-electron chi connectivity index (χ3n) is 6.53. The highest BCUT2D eigenvalue weighted by molar-refractivity contribution is 7.89. The summed E-state index contributed by atoms with van der Waals surface area (Å²) < 4.78 is 25.3. The van der Waals surface area contributed by atoms with Gasteiger partial charge in [-0.3, -0.25) is 9.63 Å². The second-order valence-corrected chi connectivity index (χ2v) is 9.99. The Hall–Kier alpha value is -1.44. The molecule has 0 atom stereocenters. The van der Waals surface area contributed by atoms with Gasteiger partial charge in [-0.05, 0) is 80.0 Å². The normalized spacial score (nSPS) is 32.8. The Bertz CT molecular complexity index is 762. The number of carbonyl (C=O) groups excluding carboxylic acids is 1. The van der Waals surface area contributed by atoms with Gasteiger partial charge in [-0.1, -0.05) is 4.47 Å². The lowest BCUT2D eigenvalue weighted by Gasteiger charge is -2.54. The highest BCUT2D eigenvalue weighted by atomic mass is 32.2. The molecule has 7 heteroatoms. The first-order valence-electron chi connectivity index (χ1n) is 9.32. The highest BCUT2D eigenvalue weighted by Crippen LogP contribution is 2.53. The smallest absolute Gasteiger partial charge is 0.264 e. The number of hydroxylamine groups is 1. The van der Waals surface area contributed by atoms with E-state index in [0.29, 0.717) is 17.4 Å².